The molecule has 7 nitrogen and oxygen atoms in total. The van der Waals surface area contributed by atoms with Gasteiger partial charge in [0, 0.05) is 17.2 Å². The Morgan fingerprint density at radius 3 is 2.26 bits per heavy atom. The van der Waals surface area contributed by atoms with Crippen molar-refractivity contribution in [1.29, 1.82) is 0 Å². The molecule has 0 fully saturated rings. The lowest BCUT2D eigenvalue weighted by molar-refractivity contribution is -0.131. The third kappa shape index (κ3) is 5.66. The molecule has 140 valence electrons. The fourth-order valence-corrected chi connectivity index (χ4v) is 2.31. The SMILES string of the molecule is C[C@@H](N)[C@H](NC(=O)c1ccc(C#CC(O)c2ccccc2)cc1)C(=O)NO. The highest BCUT2D eigenvalue weighted by Gasteiger charge is 2.24. The first-order valence-corrected chi connectivity index (χ1v) is 8.27. The second kappa shape index (κ2) is 9.50. The van der Waals surface area contributed by atoms with Crippen LogP contribution in [-0.4, -0.2) is 34.2 Å². The summed E-state index contributed by atoms with van der Waals surface area (Å²) in [6, 6.07) is 13.7. The van der Waals surface area contributed by atoms with Crippen LogP contribution in [-0.2, 0) is 4.79 Å². The first-order valence-electron chi connectivity index (χ1n) is 8.27. The van der Waals surface area contributed by atoms with E-state index in [-0.39, 0.29) is 0 Å². The van der Waals surface area contributed by atoms with Crippen molar-refractivity contribution in [2.75, 3.05) is 0 Å². The van der Waals surface area contributed by atoms with Crippen molar-refractivity contribution in [1.82, 2.24) is 10.8 Å². The van der Waals surface area contributed by atoms with Gasteiger partial charge in [0.15, 0.2) is 0 Å². The number of hydrogen-bond acceptors (Lipinski definition) is 5. The van der Waals surface area contributed by atoms with Gasteiger partial charge in [-0.25, -0.2) is 5.48 Å². The first kappa shape index (κ1) is 20.1. The minimum Gasteiger partial charge on any atom is -0.376 e. The van der Waals surface area contributed by atoms with Crippen LogP contribution in [0.15, 0.2) is 54.6 Å². The predicted octanol–water partition coefficient (Wildman–Crippen LogP) is 0.723. The molecule has 2 amide bonds. The third-order valence-electron chi connectivity index (χ3n) is 3.82. The van der Waals surface area contributed by atoms with E-state index in [2.05, 4.69) is 17.2 Å². The molecule has 3 atom stereocenters. The molecular weight excluding hydrogens is 346 g/mol. The number of rotatable bonds is 5. The van der Waals surface area contributed by atoms with Gasteiger partial charge in [0.1, 0.15) is 12.1 Å². The molecule has 6 N–H and O–H groups in total. The van der Waals surface area contributed by atoms with E-state index in [1.165, 1.54) is 12.4 Å². The van der Waals surface area contributed by atoms with Gasteiger partial charge in [0.2, 0.25) is 0 Å². The maximum atomic E-state index is 12.2. The van der Waals surface area contributed by atoms with Crippen LogP contribution in [0.1, 0.15) is 34.5 Å². The van der Waals surface area contributed by atoms with Gasteiger partial charge in [0.05, 0.1) is 0 Å². The predicted molar refractivity (Wildman–Crippen MR) is 99.6 cm³/mol. The van der Waals surface area contributed by atoms with Gasteiger partial charge in [-0.05, 0) is 36.8 Å². The molecule has 0 aromatic heterocycles. The number of hydrogen-bond donors (Lipinski definition) is 5. The molecule has 0 spiro atoms. The highest BCUT2D eigenvalue weighted by molar-refractivity contribution is 5.97. The van der Waals surface area contributed by atoms with Crippen LogP contribution < -0.4 is 16.5 Å². The molecule has 0 saturated carbocycles. The van der Waals surface area contributed by atoms with E-state index in [4.69, 9.17) is 10.9 Å². The van der Waals surface area contributed by atoms with E-state index in [9.17, 15) is 14.7 Å². The number of benzene rings is 2. The highest BCUT2D eigenvalue weighted by atomic mass is 16.5. The smallest absolute Gasteiger partial charge is 0.267 e. The monoisotopic (exact) mass is 367 g/mol. The number of amides is 2. The maximum Gasteiger partial charge on any atom is 0.267 e. The van der Waals surface area contributed by atoms with E-state index in [1.54, 1.807) is 36.4 Å². The zero-order valence-electron chi connectivity index (χ0n) is 14.7. The molecule has 27 heavy (non-hydrogen) atoms. The van der Waals surface area contributed by atoms with Gasteiger partial charge in [0.25, 0.3) is 11.8 Å². The largest absolute Gasteiger partial charge is 0.376 e. The van der Waals surface area contributed by atoms with Crippen LogP contribution >= 0.6 is 0 Å². The van der Waals surface area contributed by atoms with Crippen LogP contribution in [0.25, 0.3) is 0 Å². The lowest BCUT2D eigenvalue weighted by Crippen LogP contribution is -2.54. The zero-order valence-corrected chi connectivity index (χ0v) is 14.7. The number of aliphatic hydroxyl groups is 1. The number of carbonyl (C=O) groups is 2. The van der Waals surface area contributed by atoms with Crippen molar-refractivity contribution in [3.8, 4) is 11.8 Å². The Labute approximate surface area is 157 Å². The quantitative estimate of drug-likeness (QED) is 0.303. The summed E-state index contributed by atoms with van der Waals surface area (Å²) < 4.78 is 0. The molecular formula is C20H21N3O4. The highest BCUT2D eigenvalue weighted by Crippen LogP contribution is 2.11. The molecule has 1 unspecified atom stereocenters. The Morgan fingerprint density at radius 1 is 1.07 bits per heavy atom. The molecule has 2 aromatic rings. The molecule has 0 radical (unpaired) electrons. The van der Waals surface area contributed by atoms with Crippen molar-refractivity contribution in [2.45, 2.75) is 25.1 Å². The van der Waals surface area contributed by atoms with E-state index >= 15 is 0 Å². The van der Waals surface area contributed by atoms with Crippen molar-refractivity contribution in [2.24, 2.45) is 5.73 Å². The standard InChI is InChI=1S/C20H21N3O4/c1-13(21)18(20(26)23-27)22-19(25)16-10-7-14(8-11-16)9-12-17(24)15-5-3-2-4-6-15/h2-8,10-11,13,17-18,24,27H,21H2,1H3,(H,22,25)(H,23,26)/t13-,17?,18+/m1/s1. The normalized spacial score (nSPS) is 13.5. The molecule has 0 bridgehead atoms. The van der Waals surface area contributed by atoms with Crippen LogP contribution in [0.2, 0.25) is 0 Å². The number of nitrogens with two attached hydrogens (primary N) is 1. The van der Waals surface area contributed by atoms with Crippen LogP contribution in [0.4, 0.5) is 0 Å². The molecule has 2 aromatic carbocycles. The Bertz CT molecular complexity index is 839. The molecule has 0 aliphatic carbocycles. The van der Waals surface area contributed by atoms with Gasteiger partial charge in [-0.1, -0.05) is 42.2 Å². The van der Waals surface area contributed by atoms with Gasteiger partial charge >= 0.3 is 0 Å². The molecule has 0 aliphatic rings. The number of aliphatic hydroxyl groups excluding tert-OH is 1. The zero-order chi connectivity index (χ0) is 19.8. The fourth-order valence-electron chi connectivity index (χ4n) is 2.31. The third-order valence-corrected chi connectivity index (χ3v) is 3.82. The molecule has 0 heterocycles. The lowest BCUT2D eigenvalue weighted by Gasteiger charge is -2.20. The Hall–Kier alpha value is -3.18. The average molecular weight is 367 g/mol. The van der Waals surface area contributed by atoms with Gasteiger partial charge in [-0.2, -0.15) is 0 Å². The summed E-state index contributed by atoms with van der Waals surface area (Å²) in [7, 11) is 0. The Kier molecular flexibility index (Phi) is 7.08. The van der Waals surface area contributed by atoms with E-state index < -0.39 is 30.0 Å². The summed E-state index contributed by atoms with van der Waals surface area (Å²) in [5.74, 6) is 4.28. The average Bonchev–Trinajstić information content (AvgIpc) is 2.70. The Morgan fingerprint density at radius 2 is 1.70 bits per heavy atom. The van der Waals surface area contributed by atoms with E-state index in [0.717, 1.165) is 0 Å². The van der Waals surface area contributed by atoms with Crippen LogP contribution in [0, 0.1) is 11.8 Å². The Balaban J connectivity index is 2.06. The topological polar surface area (TPSA) is 125 Å². The van der Waals surface area contributed by atoms with E-state index in [0.29, 0.717) is 16.7 Å². The number of hydroxylamine groups is 1. The van der Waals surface area contributed by atoms with Crippen molar-refractivity contribution in [3.05, 3.63) is 71.3 Å². The maximum absolute atomic E-state index is 12.2. The molecule has 2 rings (SSSR count). The number of carbonyl (C=O) groups excluding carboxylic acids is 2. The minimum atomic E-state index is -1.07. The van der Waals surface area contributed by atoms with Crippen molar-refractivity contribution >= 4 is 11.8 Å². The summed E-state index contributed by atoms with van der Waals surface area (Å²) in [6.07, 6.45) is -0.905. The van der Waals surface area contributed by atoms with Gasteiger partial charge in [-0.15, -0.1) is 0 Å². The summed E-state index contributed by atoms with van der Waals surface area (Å²) in [5, 5.41) is 21.2. The number of nitrogens with one attached hydrogen (secondary N) is 2. The molecule has 7 heteroatoms. The van der Waals surface area contributed by atoms with Gasteiger partial charge in [-0.3, -0.25) is 14.8 Å². The van der Waals surface area contributed by atoms with Gasteiger partial charge < -0.3 is 16.2 Å². The summed E-state index contributed by atoms with van der Waals surface area (Å²) in [5.41, 5.74) is 8.76. The molecule has 0 aliphatic heterocycles. The second-order valence-electron chi connectivity index (χ2n) is 5.95. The fraction of sp³-hybridized carbons (Fsp3) is 0.200. The minimum absolute atomic E-state index is 0.306. The van der Waals surface area contributed by atoms with Crippen molar-refractivity contribution in [3.63, 3.8) is 0 Å². The first-order chi connectivity index (χ1) is 12.9. The van der Waals surface area contributed by atoms with Crippen LogP contribution in [0.3, 0.4) is 0 Å². The lowest BCUT2D eigenvalue weighted by atomic mass is 10.1. The second-order valence-corrected chi connectivity index (χ2v) is 5.95. The van der Waals surface area contributed by atoms with Crippen LogP contribution in [0.5, 0.6) is 0 Å². The summed E-state index contributed by atoms with van der Waals surface area (Å²) >= 11 is 0. The van der Waals surface area contributed by atoms with E-state index in [1.807, 2.05) is 18.2 Å². The summed E-state index contributed by atoms with van der Waals surface area (Å²) in [6.45, 7) is 1.54. The molecule has 0 saturated heterocycles. The van der Waals surface area contributed by atoms with Crippen molar-refractivity contribution < 1.29 is 19.9 Å². The summed E-state index contributed by atoms with van der Waals surface area (Å²) in [4.78, 5) is 23.8.